The zero-order chi connectivity index (χ0) is 14.1. The van der Waals surface area contributed by atoms with E-state index in [0.29, 0.717) is 21.8 Å². The lowest BCUT2D eigenvalue weighted by atomic mass is 9.98. The number of fused-ring (bicyclic) bond motifs is 1. The van der Waals surface area contributed by atoms with Crippen LogP contribution in [0.15, 0.2) is 54.9 Å². The van der Waals surface area contributed by atoms with Gasteiger partial charge in [0.2, 0.25) is 0 Å². The SMILES string of the molecule is Nc1cc(Cl)cc(C(=O)c2cccc3ccncc23)c1. The second-order valence-corrected chi connectivity index (χ2v) is 4.94. The summed E-state index contributed by atoms with van der Waals surface area (Å²) in [5.41, 5.74) is 7.28. The Morgan fingerprint density at radius 1 is 1.15 bits per heavy atom. The van der Waals surface area contributed by atoms with Gasteiger partial charge in [-0.05, 0) is 29.7 Å². The van der Waals surface area contributed by atoms with Gasteiger partial charge in [-0.2, -0.15) is 0 Å². The molecule has 0 aliphatic carbocycles. The Morgan fingerprint density at radius 3 is 2.80 bits per heavy atom. The summed E-state index contributed by atoms with van der Waals surface area (Å²) < 4.78 is 0. The van der Waals surface area contributed by atoms with Crippen molar-refractivity contribution in [2.24, 2.45) is 0 Å². The van der Waals surface area contributed by atoms with Crippen LogP contribution in [0.1, 0.15) is 15.9 Å². The first-order chi connectivity index (χ1) is 9.65. The van der Waals surface area contributed by atoms with Gasteiger partial charge in [0, 0.05) is 39.6 Å². The first-order valence-electron chi connectivity index (χ1n) is 6.08. The number of pyridine rings is 1. The van der Waals surface area contributed by atoms with Gasteiger partial charge >= 0.3 is 0 Å². The maximum Gasteiger partial charge on any atom is 0.193 e. The number of anilines is 1. The zero-order valence-corrected chi connectivity index (χ0v) is 11.3. The summed E-state index contributed by atoms with van der Waals surface area (Å²) in [6, 6.07) is 12.3. The van der Waals surface area contributed by atoms with E-state index in [9.17, 15) is 4.79 Å². The molecule has 3 aromatic rings. The minimum atomic E-state index is -0.113. The van der Waals surface area contributed by atoms with E-state index in [4.69, 9.17) is 17.3 Å². The van der Waals surface area contributed by atoms with Gasteiger partial charge in [-0.3, -0.25) is 9.78 Å². The van der Waals surface area contributed by atoms with Crippen LogP contribution < -0.4 is 5.73 Å². The van der Waals surface area contributed by atoms with Gasteiger partial charge in [0.05, 0.1) is 0 Å². The second-order valence-electron chi connectivity index (χ2n) is 4.50. The van der Waals surface area contributed by atoms with E-state index in [1.807, 2.05) is 18.2 Å². The van der Waals surface area contributed by atoms with Crippen molar-refractivity contribution >= 4 is 33.8 Å². The molecule has 2 aromatic carbocycles. The molecule has 3 rings (SSSR count). The number of nitrogens with two attached hydrogens (primary N) is 1. The standard InChI is InChI=1S/C16H11ClN2O/c17-12-6-11(7-13(18)8-12)16(20)14-3-1-2-10-4-5-19-9-15(10)14/h1-9H,18H2. The van der Waals surface area contributed by atoms with E-state index in [0.717, 1.165) is 10.8 Å². The number of benzene rings is 2. The van der Waals surface area contributed by atoms with E-state index < -0.39 is 0 Å². The minimum absolute atomic E-state index is 0.113. The second kappa shape index (κ2) is 4.94. The highest BCUT2D eigenvalue weighted by molar-refractivity contribution is 6.31. The average molecular weight is 283 g/mol. The number of aromatic nitrogens is 1. The molecule has 0 aliphatic rings. The number of nitrogens with zero attached hydrogens (tertiary/aromatic N) is 1. The molecule has 0 fully saturated rings. The van der Waals surface area contributed by atoms with E-state index in [2.05, 4.69) is 4.98 Å². The van der Waals surface area contributed by atoms with Crippen molar-refractivity contribution < 1.29 is 4.79 Å². The van der Waals surface area contributed by atoms with Crippen molar-refractivity contribution in [1.82, 2.24) is 4.98 Å². The summed E-state index contributed by atoms with van der Waals surface area (Å²) in [7, 11) is 0. The fraction of sp³-hybridized carbons (Fsp3) is 0. The van der Waals surface area contributed by atoms with Crippen molar-refractivity contribution in [2.45, 2.75) is 0 Å². The molecule has 0 radical (unpaired) electrons. The van der Waals surface area contributed by atoms with Crippen LogP contribution in [0.5, 0.6) is 0 Å². The maximum atomic E-state index is 12.6. The van der Waals surface area contributed by atoms with Crippen molar-refractivity contribution in [3.63, 3.8) is 0 Å². The van der Waals surface area contributed by atoms with Gasteiger partial charge in [-0.25, -0.2) is 0 Å². The molecule has 3 nitrogen and oxygen atoms in total. The molecule has 0 amide bonds. The Balaban J connectivity index is 2.17. The van der Waals surface area contributed by atoms with Crippen LogP contribution in [0.25, 0.3) is 10.8 Å². The Labute approximate surface area is 121 Å². The number of hydrogen-bond donors (Lipinski definition) is 1. The highest BCUT2D eigenvalue weighted by Gasteiger charge is 2.13. The number of carbonyl (C=O) groups is 1. The summed E-state index contributed by atoms with van der Waals surface area (Å²) in [5, 5.41) is 2.24. The fourth-order valence-corrected chi connectivity index (χ4v) is 2.45. The fourth-order valence-electron chi connectivity index (χ4n) is 2.21. The minimum Gasteiger partial charge on any atom is -0.399 e. The summed E-state index contributed by atoms with van der Waals surface area (Å²) in [4.78, 5) is 16.7. The monoisotopic (exact) mass is 282 g/mol. The molecule has 0 unspecified atom stereocenters. The van der Waals surface area contributed by atoms with Crippen LogP contribution in [-0.2, 0) is 0 Å². The van der Waals surface area contributed by atoms with Crippen LogP contribution in [0.3, 0.4) is 0 Å². The van der Waals surface area contributed by atoms with Crippen LogP contribution in [0, 0.1) is 0 Å². The molecular weight excluding hydrogens is 272 g/mol. The molecule has 1 aromatic heterocycles. The molecule has 0 spiro atoms. The van der Waals surface area contributed by atoms with E-state index in [-0.39, 0.29) is 5.78 Å². The predicted molar refractivity (Wildman–Crippen MR) is 81.0 cm³/mol. The van der Waals surface area contributed by atoms with Crippen LogP contribution in [0.2, 0.25) is 5.02 Å². The Kier molecular flexibility index (Phi) is 3.12. The molecule has 2 N–H and O–H groups in total. The zero-order valence-electron chi connectivity index (χ0n) is 10.5. The van der Waals surface area contributed by atoms with Crippen molar-refractivity contribution in [3.8, 4) is 0 Å². The lowest BCUT2D eigenvalue weighted by Gasteiger charge is -2.06. The molecule has 98 valence electrons. The first-order valence-corrected chi connectivity index (χ1v) is 6.46. The van der Waals surface area contributed by atoms with Crippen LogP contribution in [0.4, 0.5) is 5.69 Å². The number of halogens is 1. The molecule has 0 bridgehead atoms. The molecular formula is C16H11ClN2O. The van der Waals surface area contributed by atoms with Gasteiger partial charge in [-0.1, -0.05) is 29.8 Å². The number of rotatable bonds is 2. The van der Waals surface area contributed by atoms with Gasteiger partial charge < -0.3 is 5.73 Å². The summed E-state index contributed by atoms with van der Waals surface area (Å²) in [6.45, 7) is 0. The van der Waals surface area contributed by atoms with Gasteiger partial charge in [0.1, 0.15) is 0 Å². The number of ketones is 1. The third-order valence-corrected chi connectivity index (χ3v) is 3.33. The van der Waals surface area contributed by atoms with E-state index in [1.54, 1.807) is 36.7 Å². The Bertz CT molecular complexity index is 789. The molecule has 1 heterocycles. The Hall–Kier alpha value is -2.39. The number of nitrogen functional groups attached to an aromatic ring is 1. The smallest absolute Gasteiger partial charge is 0.193 e. The quantitative estimate of drug-likeness (QED) is 0.576. The topological polar surface area (TPSA) is 56.0 Å². The summed E-state index contributed by atoms with van der Waals surface area (Å²) in [5.74, 6) is -0.113. The molecule has 0 saturated heterocycles. The summed E-state index contributed by atoms with van der Waals surface area (Å²) in [6.07, 6.45) is 3.39. The molecule has 0 aliphatic heterocycles. The normalized spacial score (nSPS) is 10.7. The molecule has 20 heavy (non-hydrogen) atoms. The van der Waals surface area contributed by atoms with Gasteiger partial charge in [0.25, 0.3) is 0 Å². The molecule has 0 saturated carbocycles. The maximum absolute atomic E-state index is 12.6. The first kappa shape index (κ1) is 12.6. The van der Waals surface area contributed by atoms with Crippen molar-refractivity contribution in [3.05, 3.63) is 71.0 Å². The number of hydrogen-bond acceptors (Lipinski definition) is 3. The molecule has 4 heteroatoms. The highest BCUT2D eigenvalue weighted by Crippen LogP contribution is 2.23. The lowest BCUT2D eigenvalue weighted by Crippen LogP contribution is -2.03. The van der Waals surface area contributed by atoms with E-state index >= 15 is 0 Å². The highest BCUT2D eigenvalue weighted by atomic mass is 35.5. The van der Waals surface area contributed by atoms with Gasteiger partial charge in [-0.15, -0.1) is 0 Å². The van der Waals surface area contributed by atoms with Crippen LogP contribution in [-0.4, -0.2) is 10.8 Å². The largest absolute Gasteiger partial charge is 0.399 e. The van der Waals surface area contributed by atoms with Crippen molar-refractivity contribution in [2.75, 3.05) is 5.73 Å². The van der Waals surface area contributed by atoms with E-state index in [1.165, 1.54) is 0 Å². The van der Waals surface area contributed by atoms with Crippen molar-refractivity contribution in [1.29, 1.82) is 0 Å². The predicted octanol–water partition coefficient (Wildman–Crippen LogP) is 3.70. The third-order valence-electron chi connectivity index (χ3n) is 3.11. The van der Waals surface area contributed by atoms with Crippen LogP contribution >= 0.6 is 11.6 Å². The summed E-state index contributed by atoms with van der Waals surface area (Å²) >= 11 is 5.96. The lowest BCUT2D eigenvalue weighted by molar-refractivity contribution is 0.104. The molecule has 0 atom stereocenters. The van der Waals surface area contributed by atoms with Gasteiger partial charge in [0.15, 0.2) is 5.78 Å². The number of carbonyl (C=O) groups excluding carboxylic acids is 1. The average Bonchev–Trinajstić information content (AvgIpc) is 2.45. The third kappa shape index (κ3) is 2.24. The Morgan fingerprint density at radius 2 is 2.00 bits per heavy atom.